The number of benzene rings is 2. The van der Waals surface area contributed by atoms with Gasteiger partial charge in [0.15, 0.2) is 5.17 Å². The summed E-state index contributed by atoms with van der Waals surface area (Å²) in [5, 5.41) is 12.2. The highest BCUT2D eigenvalue weighted by Crippen LogP contribution is 2.29. The molecule has 3 rings (SSSR count). The Morgan fingerprint density at radius 1 is 1.31 bits per heavy atom. The van der Waals surface area contributed by atoms with E-state index in [0.29, 0.717) is 27.0 Å². The Labute approximate surface area is 160 Å². The van der Waals surface area contributed by atoms with Crippen LogP contribution >= 0.6 is 23.4 Å². The van der Waals surface area contributed by atoms with Crippen LogP contribution in [0.15, 0.2) is 47.5 Å². The maximum Gasteiger partial charge on any atom is 0.272 e. The molecule has 0 saturated heterocycles. The number of carbonyl (C=O) groups is 1. The maximum absolute atomic E-state index is 13.2. The fourth-order valence-corrected chi connectivity index (χ4v) is 3.77. The Bertz CT molecular complexity index is 899. The first-order valence-electron chi connectivity index (χ1n) is 7.92. The van der Waals surface area contributed by atoms with Crippen LogP contribution in [0.2, 0.25) is 5.02 Å². The Morgan fingerprint density at radius 2 is 2.00 bits per heavy atom. The van der Waals surface area contributed by atoms with Crippen LogP contribution in [0.5, 0.6) is 0 Å². The number of nitro groups is 1. The number of amidine groups is 1. The number of halogens is 1. The molecule has 1 aliphatic rings. The molecule has 26 heavy (non-hydrogen) atoms. The van der Waals surface area contributed by atoms with E-state index in [1.54, 1.807) is 31.2 Å². The molecule has 0 unspecified atom stereocenters. The van der Waals surface area contributed by atoms with Gasteiger partial charge in [0.1, 0.15) is 0 Å². The summed E-state index contributed by atoms with van der Waals surface area (Å²) in [6, 6.07) is 11.4. The lowest BCUT2D eigenvalue weighted by Crippen LogP contribution is -2.34. The second-order valence-electron chi connectivity index (χ2n) is 5.95. The molecule has 2 aromatic carbocycles. The lowest BCUT2D eigenvalue weighted by Gasteiger charge is -2.22. The van der Waals surface area contributed by atoms with Crippen LogP contribution in [0.25, 0.3) is 0 Å². The highest BCUT2D eigenvalue weighted by atomic mass is 35.5. The van der Waals surface area contributed by atoms with Gasteiger partial charge >= 0.3 is 0 Å². The zero-order valence-electron chi connectivity index (χ0n) is 14.2. The first-order chi connectivity index (χ1) is 12.4. The second-order valence-corrected chi connectivity index (χ2v) is 7.37. The van der Waals surface area contributed by atoms with Crippen LogP contribution in [0, 0.1) is 17.0 Å². The van der Waals surface area contributed by atoms with Crippen molar-refractivity contribution in [2.45, 2.75) is 19.9 Å². The number of hydrogen-bond donors (Lipinski definition) is 0. The van der Waals surface area contributed by atoms with Crippen LogP contribution in [0.1, 0.15) is 22.8 Å². The topological polar surface area (TPSA) is 75.8 Å². The van der Waals surface area contributed by atoms with Crippen LogP contribution in [-0.2, 0) is 0 Å². The van der Waals surface area contributed by atoms with E-state index >= 15 is 0 Å². The average Bonchev–Trinajstić information content (AvgIpc) is 3.02. The Hall–Kier alpha value is -2.38. The monoisotopic (exact) mass is 389 g/mol. The summed E-state index contributed by atoms with van der Waals surface area (Å²) in [4.78, 5) is 29.8. The Kier molecular flexibility index (Phi) is 5.29. The van der Waals surface area contributed by atoms with Gasteiger partial charge in [0.25, 0.3) is 11.6 Å². The molecule has 1 atom stereocenters. The molecule has 0 aliphatic carbocycles. The van der Waals surface area contributed by atoms with E-state index in [1.807, 2.05) is 6.92 Å². The summed E-state index contributed by atoms with van der Waals surface area (Å²) in [6.07, 6.45) is 0. The first-order valence-corrected chi connectivity index (χ1v) is 9.29. The molecule has 0 spiro atoms. The Morgan fingerprint density at radius 3 is 2.54 bits per heavy atom. The maximum atomic E-state index is 13.2. The summed E-state index contributed by atoms with van der Waals surface area (Å²) in [6.45, 7) is 3.60. The SMILES string of the molecule is Cc1cc(C(=O)N(C2=N[C@H](C)CS2)c2ccc(Cl)cc2)ccc1[N+](=O)[O-]. The summed E-state index contributed by atoms with van der Waals surface area (Å²) < 4.78 is 0. The molecule has 1 heterocycles. The summed E-state index contributed by atoms with van der Waals surface area (Å²) in [7, 11) is 0. The number of nitrogens with zero attached hydrogens (tertiary/aromatic N) is 3. The van der Waals surface area contributed by atoms with Crippen molar-refractivity contribution in [3.8, 4) is 0 Å². The highest BCUT2D eigenvalue weighted by Gasteiger charge is 2.28. The third kappa shape index (κ3) is 3.73. The molecule has 0 N–H and O–H groups in total. The van der Waals surface area contributed by atoms with Gasteiger partial charge in [0, 0.05) is 28.0 Å². The molecule has 134 valence electrons. The van der Waals surface area contributed by atoms with E-state index in [-0.39, 0.29) is 17.6 Å². The molecule has 1 aliphatic heterocycles. The van der Waals surface area contributed by atoms with Crippen LogP contribution in [0.3, 0.4) is 0 Å². The highest BCUT2D eigenvalue weighted by molar-refractivity contribution is 8.14. The van der Waals surface area contributed by atoms with E-state index in [9.17, 15) is 14.9 Å². The summed E-state index contributed by atoms with van der Waals surface area (Å²) in [5.41, 5.74) is 1.44. The van der Waals surface area contributed by atoms with Crippen LogP contribution < -0.4 is 4.90 Å². The van der Waals surface area contributed by atoms with Gasteiger partial charge in [-0.1, -0.05) is 23.4 Å². The molecular weight excluding hydrogens is 374 g/mol. The van der Waals surface area contributed by atoms with Crippen molar-refractivity contribution in [2.24, 2.45) is 4.99 Å². The predicted molar refractivity (Wildman–Crippen MR) is 105 cm³/mol. The van der Waals surface area contributed by atoms with Crippen LogP contribution in [-0.4, -0.2) is 27.8 Å². The molecule has 6 nitrogen and oxygen atoms in total. The fraction of sp³-hybridized carbons (Fsp3) is 0.222. The molecule has 0 aromatic heterocycles. The van der Waals surface area contributed by atoms with Crippen molar-refractivity contribution in [1.82, 2.24) is 0 Å². The van der Waals surface area contributed by atoms with E-state index in [4.69, 9.17) is 11.6 Å². The van der Waals surface area contributed by atoms with E-state index in [0.717, 1.165) is 5.75 Å². The normalized spacial score (nSPS) is 16.3. The number of amides is 1. The minimum Gasteiger partial charge on any atom is -0.268 e. The van der Waals surface area contributed by atoms with Gasteiger partial charge in [0.2, 0.25) is 0 Å². The molecule has 8 heteroatoms. The predicted octanol–water partition coefficient (Wildman–Crippen LogP) is 4.69. The minimum atomic E-state index is -0.459. The van der Waals surface area contributed by atoms with Crippen molar-refractivity contribution in [3.05, 3.63) is 68.7 Å². The average molecular weight is 390 g/mol. The van der Waals surface area contributed by atoms with Crippen molar-refractivity contribution in [2.75, 3.05) is 10.7 Å². The second kappa shape index (κ2) is 7.47. The van der Waals surface area contributed by atoms with Crippen molar-refractivity contribution >= 4 is 45.8 Å². The number of aliphatic imine (C=N–C) groups is 1. The van der Waals surface area contributed by atoms with Crippen molar-refractivity contribution in [3.63, 3.8) is 0 Å². The van der Waals surface area contributed by atoms with Gasteiger partial charge < -0.3 is 0 Å². The molecule has 2 aromatic rings. The molecule has 0 saturated carbocycles. The zero-order valence-corrected chi connectivity index (χ0v) is 15.8. The lowest BCUT2D eigenvalue weighted by molar-refractivity contribution is -0.385. The summed E-state index contributed by atoms with van der Waals surface area (Å²) in [5.74, 6) is 0.511. The van der Waals surface area contributed by atoms with E-state index in [2.05, 4.69) is 4.99 Å². The quantitative estimate of drug-likeness (QED) is 0.563. The lowest BCUT2D eigenvalue weighted by atomic mass is 10.1. The number of carbonyl (C=O) groups excluding carboxylic acids is 1. The molecule has 1 amide bonds. The number of hydrogen-bond acceptors (Lipinski definition) is 5. The zero-order chi connectivity index (χ0) is 18.8. The number of aryl methyl sites for hydroxylation is 1. The van der Waals surface area contributed by atoms with Gasteiger partial charge in [-0.25, -0.2) is 0 Å². The van der Waals surface area contributed by atoms with E-state index < -0.39 is 4.92 Å². The minimum absolute atomic E-state index is 0.0132. The number of thioether (sulfide) groups is 1. The van der Waals surface area contributed by atoms with Gasteiger partial charge in [-0.15, -0.1) is 0 Å². The fourth-order valence-electron chi connectivity index (χ4n) is 2.61. The van der Waals surface area contributed by atoms with Crippen molar-refractivity contribution < 1.29 is 9.72 Å². The van der Waals surface area contributed by atoms with Gasteiger partial charge in [-0.2, -0.15) is 0 Å². The first kappa shape index (κ1) is 18.4. The van der Waals surface area contributed by atoms with Crippen LogP contribution in [0.4, 0.5) is 11.4 Å². The van der Waals surface area contributed by atoms with Crippen molar-refractivity contribution in [1.29, 1.82) is 0 Å². The van der Waals surface area contributed by atoms with Gasteiger partial charge in [-0.3, -0.25) is 24.8 Å². The molecular formula is C18H16ClN3O3S. The summed E-state index contributed by atoms with van der Waals surface area (Å²) >= 11 is 7.47. The molecule has 0 bridgehead atoms. The smallest absolute Gasteiger partial charge is 0.268 e. The third-order valence-corrected chi connectivity index (χ3v) is 5.35. The van der Waals surface area contributed by atoms with Gasteiger partial charge in [0.05, 0.1) is 16.7 Å². The number of nitro benzene ring substituents is 1. The van der Waals surface area contributed by atoms with Gasteiger partial charge in [-0.05, 0) is 50.2 Å². The number of anilines is 1. The standard InChI is InChI=1S/C18H16ClN3O3S/c1-11-9-13(3-8-16(11)22(24)25)17(23)21(18-20-12(2)10-26-18)15-6-4-14(19)5-7-15/h3-9,12H,10H2,1-2H3/t12-/m1/s1. The number of rotatable bonds is 3. The largest absolute Gasteiger partial charge is 0.272 e. The van der Waals surface area contributed by atoms with E-state index in [1.165, 1.54) is 34.9 Å². The molecule has 0 fully saturated rings. The molecule has 0 radical (unpaired) electrons. The Balaban J connectivity index is 2.03. The third-order valence-electron chi connectivity index (χ3n) is 3.90.